The molecule has 1 aromatic rings. The fourth-order valence-electron chi connectivity index (χ4n) is 1.90. The van der Waals surface area contributed by atoms with Gasteiger partial charge in [-0.25, -0.2) is 0 Å². The number of fused-ring (bicyclic) bond motifs is 1. The minimum atomic E-state index is 0.219. The van der Waals surface area contributed by atoms with Crippen LogP contribution < -0.4 is 4.74 Å². The van der Waals surface area contributed by atoms with Gasteiger partial charge in [0.1, 0.15) is 12.4 Å². The van der Waals surface area contributed by atoms with Gasteiger partial charge in [0.05, 0.1) is 5.03 Å². The van der Waals surface area contributed by atoms with Gasteiger partial charge in [-0.1, -0.05) is 23.2 Å². The van der Waals surface area contributed by atoms with Gasteiger partial charge in [-0.05, 0) is 36.6 Å². The number of carbonyl (C=O) groups excluding carboxylic acids is 1. The van der Waals surface area contributed by atoms with Crippen LogP contribution in [-0.2, 0) is 6.42 Å². The Balaban J connectivity index is 2.13. The summed E-state index contributed by atoms with van der Waals surface area (Å²) in [5.74, 6) is 0.937. The van der Waals surface area contributed by atoms with Crippen molar-refractivity contribution in [2.75, 3.05) is 6.61 Å². The van der Waals surface area contributed by atoms with Crippen molar-refractivity contribution >= 4 is 29.0 Å². The van der Waals surface area contributed by atoms with Gasteiger partial charge >= 0.3 is 0 Å². The Bertz CT molecular complexity index is 466. The van der Waals surface area contributed by atoms with Crippen LogP contribution in [-0.4, -0.2) is 12.4 Å². The highest BCUT2D eigenvalue weighted by molar-refractivity contribution is 6.36. The van der Waals surface area contributed by atoms with Crippen LogP contribution in [0.2, 0.25) is 0 Å². The number of Topliss-reactive ketones (excluding diaryl/α,β-unsaturated/α-hetero) is 1. The molecule has 0 amide bonds. The van der Waals surface area contributed by atoms with E-state index in [2.05, 4.69) is 0 Å². The number of rotatable bonds is 3. The molecule has 0 unspecified atom stereocenters. The van der Waals surface area contributed by atoms with E-state index in [1.807, 2.05) is 12.1 Å². The number of ether oxygens (including phenoxy) is 1. The molecule has 17 heavy (non-hydrogen) atoms. The van der Waals surface area contributed by atoms with E-state index in [9.17, 15) is 4.79 Å². The second-order valence-corrected chi connectivity index (χ2v) is 4.64. The predicted molar refractivity (Wildman–Crippen MR) is 69.0 cm³/mol. The van der Waals surface area contributed by atoms with Gasteiger partial charge in [0.25, 0.3) is 0 Å². The molecule has 0 saturated heterocycles. The Hall–Kier alpha value is -0.990. The van der Waals surface area contributed by atoms with Crippen LogP contribution in [0, 0.1) is 0 Å². The first-order valence-corrected chi connectivity index (χ1v) is 6.26. The zero-order valence-corrected chi connectivity index (χ0v) is 10.7. The molecule has 0 spiro atoms. The summed E-state index contributed by atoms with van der Waals surface area (Å²) in [6.07, 6.45) is 2.49. The van der Waals surface area contributed by atoms with Crippen LogP contribution in [0.5, 0.6) is 5.75 Å². The van der Waals surface area contributed by atoms with Crippen LogP contribution in [0.4, 0.5) is 0 Å². The second-order valence-electron chi connectivity index (χ2n) is 3.94. The Labute approximate surface area is 110 Å². The van der Waals surface area contributed by atoms with E-state index in [0.29, 0.717) is 11.5 Å². The normalized spacial score (nSPS) is 15.6. The molecule has 0 aliphatic heterocycles. The summed E-state index contributed by atoms with van der Waals surface area (Å²) in [6, 6.07) is 5.52. The minimum Gasteiger partial charge on any atom is -0.488 e. The Morgan fingerprint density at radius 3 is 3.00 bits per heavy atom. The average molecular weight is 271 g/mol. The van der Waals surface area contributed by atoms with E-state index in [4.69, 9.17) is 27.9 Å². The highest BCUT2D eigenvalue weighted by Crippen LogP contribution is 2.25. The maximum absolute atomic E-state index is 11.6. The fraction of sp³-hybridized carbons (Fsp3) is 0.308. The van der Waals surface area contributed by atoms with Crippen molar-refractivity contribution < 1.29 is 9.53 Å². The lowest BCUT2D eigenvalue weighted by atomic mass is 9.91. The monoisotopic (exact) mass is 270 g/mol. The molecule has 0 N–H and O–H groups in total. The van der Waals surface area contributed by atoms with Crippen LogP contribution in [0.25, 0.3) is 0 Å². The number of halogens is 2. The number of aryl methyl sites for hydroxylation is 1. The first-order valence-electron chi connectivity index (χ1n) is 5.44. The molecular formula is C13H12Cl2O2. The molecule has 0 aromatic heterocycles. The van der Waals surface area contributed by atoms with Crippen molar-refractivity contribution in [3.05, 3.63) is 39.9 Å². The minimum absolute atomic E-state index is 0.219. The molecule has 1 aliphatic carbocycles. The van der Waals surface area contributed by atoms with E-state index < -0.39 is 0 Å². The summed E-state index contributed by atoms with van der Waals surface area (Å²) in [6.45, 7) is 0.248. The summed E-state index contributed by atoms with van der Waals surface area (Å²) in [5, 5.41) is 0.445. The van der Waals surface area contributed by atoms with Crippen LogP contribution in [0.1, 0.15) is 28.8 Å². The van der Waals surface area contributed by atoms with Crippen molar-refractivity contribution in [2.24, 2.45) is 0 Å². The zero-order chi connectivity index (χ0) is 12.3. The Kier molecular flexibility index (Phi) is 4.08. The number of hydrogen-bond donors (Lipinski definition) is 0. The van der Waals surface area contributed by atoms with Crippen molar-refractivity contribution in [1.29, 1.82) is 0 Å². The quantitative estimate of drug-likeness (QED) is 0.833. The molecule has 0 radical (unpaired) electrons. The maximum Gasteiger partial charge on any atom is 0.163 e. The number of benzene rings is 1. The lowest BCUT2D eigenvalue weighted by Crippen LogP contribution is -2.10. The molecule has 0 atom stereocenters. The molecule has 0 saturated carbocycles. The summed E-state index contributed by atoms with van der Waals surface area (Å²) in [5.41, 5.74) is 3.16. The Morgan fingerprint density at radius 2 is 2.24 bits per heavy atom. The largest absolute Gasteiger partial charge is 0.488 e. The number of ketones is 1. The topological polar surface area (TPSA) is 26.3 Å². The highest BCUT2D eigenvalue weighted by Gasteiger charge is 2.17. The third-order valence-corrected chi connectivity index (χ3v) is 3.32. The van der Waals surface area contributed by atoms with E-state index >= 15 is 0 Å². The molecule has 4 heteroatoms. The SMILES string of the molecule is O=C1CCCc2cc(OCC(Cl)=CCl)ccc21. The van der Waals surface area contributed by atoms with Gasteiger partial charge in [0.15, 0.2) is 5.78 Å². The predicted octanol–water partition coefficient (Wildman–Crippen LogP) is 3.90. The molecule has 0 fully saturated rings. The molecule has 0 heterocycles. The van der Waals surface area contributed by atoms with E-state index in [0.717, 1.165) is 29.7 Å². The van der Waals surface area contributed by atoms with E-state index in [-0.39, 0.29) is 12.4 Å². The fourth-order valence-corrected chi connectivity index (χ4v) is 2.01. The standard InChI is InChI=1S/C13H12Cl2O2/c14-7-10(15)8-17-11-4-5-12-9(6-11)2-1-3-13(12)16/h4-7H,1-3,8H2. The van der Waals surface area contributed by atoms with Crippen molar-refractivity contribution in [3.8, 4) is 5.75 Å². The number of carbonyl (C=O) groups is 1. The van der Waals surface area contributed by atoms with Crippen molar-refractivity contribution in [2.45, 2.75) is 19.3 Å². The third kappa shape index (κ3) is 3.02. The average Bonchev–Trinajstić information content (AvgIpc) is 2.36. The van der Waals surface area contributed by atoms with Gasteiger partial charge < -0.3 is 4.74 Å². The van der Waals surface area contributed by atoms with Crippen LogP contribution in [0.15, 0.2) is 28.8 Å². The molecule has 2 nitrogen and oxygen atoms in total. The molecule has 90 valence electrons. The zero-order valence-electron chi connectivity index (χ0n) is 9.21. The molecule has 1 aromatic carbocycles. The van der Waals surface area contributed by atoms with Gasteiger partial charge in [0.2, 0.25) is 0 Å². The number of hydrogen-bond acceptors (Lipinski definition) is 2. The molecule has 1 aliphatic rings. The maximum atomic E-state index is 11.6. The molecule has 2 rings (SSSR count). The summed E-state index contributed by atoms with van der Waals surface area (Å²) >= 11 is 11.2. The summed E-state index contributed by atoms with van der Waals surface area (Å²) in [7, 11) is 0. The lowest BCUT2D eigenvalue weighted by molar-refractivity contribution is 0.0972. The highest BCUT2D eigenvalue weighted by atomic mass is 35.5. The summed E-state index contributed by atoms with van der Waals surface area (Å²) < 4.78 is 5.46. The van der Waals surface area contributed by atoms with Gasteiger partial charge in [0, 0.05) is 17.5 Å². The van der Waals surface area contributed by atoms with Crippen LogP contribution >= 0.6 is 23.2 Å². The lowest BCUT2D eigenvalue weighted by Gasteiger charge is -2.15. The van der Waals surface area contributed by atoms with Gasteiger partial charge in [-0.15, -0.1) is 0 Å². The first-order chi connectivity index (χ1) is 8.20. The van der Waals surface area contributed by atoms with E-state index in [1.165, 1.54) is 5.54 Å². The van der Waals surface area contributed by atoms with Gasteiger partial charge in [-0.2, -0.15) is 0 Å². The van der Waals surface area contributed by atoms with Gasteiger partial charge in [-0.3, -0.25) is 4.79 Å². The van der Waals surface area contributed by atoms with Crippen LogP contribution in [0.3, 0.4) is 0 Å². The van der Waals surface area contributed by atoms with Crippen molar-refractivity contribution in [3.63, 3.8) is 0 Å². The van der Waals surface area contributed by atoms with E-state index in [1.54, 1.807) is 6.07 Å². The second kappa shape index (κ2) is 5.56. The molecule has 0 bridgehead atoms. The molecular weight excluding hydrogens is 259 g/mol. The Morgan fingerprint density at radius 1 is 1.41 bits per heavy atom. The van der Waals surface area contributed by atoms with Crippen molar-refractivity contribution in [1.82, 2.24) is 0 Å². The summed E-state index contributed by atoms with van der Waals surface area (Å²) in [4.78, 5) is 11.6. The smallest absolute Gasteiger partial charge is 0.163 e. The first kappa shape index (κ1) is 12.5. The third-order valence-electron chi connectivity index (χ3n) is 2.72.